The first-order valence-corrected chi connectivity index (χ1v) is 10.6. The van der Waals surface area contributed by atoms with Crippen molar-refractivity contribution in [1.82, 2.24) is 10.2 Å². The second kappa shape index (κ2) is 11.6. The van der Waals surface area contributed by atoms with Crippen molar-refractivity contribution in [2.45, 2.75) is 38.5 Å². The number of nitrogens with zero attached hydrogens (tertiary/aromatic N) is 1. The van der Waals surface area contributed by atoms with Gasteiger partial charge in [-0.2, -0.15) is 0 Å². The van der Waals surface area contributed by atoms with Gasteiger partial charge in [-0.25, -0.2) is 0 Å². The highest BCUT2D eigenvalue weighted by Crippen LogP contribution is 2.16. The predicted octanol–water partition coefficient (Wildman–Crippen LogP) is 3.26. The normalized spacial score (nSPS) is 15.6. The summed E-state index contributed by atoms with van der Waals surface area (Å²) in [6, 6.07) is 17.8. The van der Waals surface area contributed by atoms with Gasteiger partial charge >= 0.3 is 0 Å². The summed E-state index contributed by atoms with van der Waals surface area (Å²) in [5.41, 5.74) is 0.991. The Hall–Kier alpha value is -2.57. The standard InChI is InChI=1S/C24H32N2O4/c1-19(30-22-8-4-3-5-9-22)24(27)25-18-20-7-6-10-23(17-20)29-16-13-26(2)21-11-14-28-15-12-21/h3-10,17,19,21H,11-16,18H2,1-2H3,(H,25,27). The van der Waals surface area contributed by atoms with E-state index in [2.05, 4.69) is 17.3 Å². The number of rotatable bonds is 10. The van der Waals surface area contributed by atoms with Crippen molar-refractivity contribution in [2.24, 2.45) is 0 Å². The fourth-order valence-electron chi connectivity index (χ4n) is 3.45. The van der Waals surface area contributed by atoms with Gasteiger partial charge in [-0.15, -0.1) is 0 Å². The van der Waals surface area contributed by atoms with Crippen molar-refractivity contribution in [2.75, 3.05) is 33.4 Å². The van der Waals surface area contributed by atoms with E-state index >= 15 is 0 Å². The summed E-state index contributed by atoms with van der Waals surface area (Å²) in [4.78, 5) is 14.7. The lowest BCUT2D eigenvalue weighted by atomic mass is 10.1. The molecule has 1 aliphatic rings. The molecule has 30 heavy (non-hydrogen) atoms. The first-order chi connectivity index (χ1) is 14.6. The molecule has 6 heteroatoms. The monoisotopic (exact) mass is 412 g/mol. The van der Waals surface area contributed by atoms with Gasteiger partial charge in [0.1, 0.15) is 18.1 Å². The molecule has 0 spiro atoms. The fourth-order valence-corrected chi connectivity index (χ4v) is 3.45. The molecule has 1 amide bonds. The molecule has 1 unspecified atom stereocenters. The molecule has 0 saturated carbocycles. The molecule has 1 heterocycles. The number of para-hydroxylation sites is 1. The highest BCUT2D eigenvalue weighted by atomic mass is 16.5. The van der Waals surface area contributed by atoms with Crippen LogP contribution >= 0.6 is 0 Å². The van der Waals surface area contributed by atoms with Crippen LogP contribution in [-0.4, -0.2) is 56.4 Å². The molecule has 1 atom stereocenters. The Bertz CT molecular complexity index is 778. The minimum atomic E-state index is -0.562. The molecule has 1 aliphatic heterocycles. The molecular formula is C24H32N2O4. The van der Waals surface area contributed by atoms with E-state index in [4.69, 9.17) is 14.2 Å². The SMILES string of the molecule is CC(Oc1ccccc1)C(=O)NCc1cccc(OCCN(C)C2CCOCC2)c1. The molecule has 2 aromatic rings. The smallest absolute Gasteiger partial charge is 0.261 e. The first kappa shape index (κ1) is 22.1. The van der Waals surface area contributed by atoms with Crippen molar-refractivity contribution in [3.05, 3.63) is 60.2 Å². The van der Waals surface area contributed by atoms with Crippen molar-refractivity contribution < 1.29 is 19.0 Å². The van der Waals surface area contributed by atoms with E-state index in [0.717, 1.165) is 43.9 Å². The topological polar surface area (TPSA) is 60.0 Å². The lowest BCUT2D eigenvalue weighted by Gasteiger charge is -2.31. The van der Waals surface area contributed by atoms with E-state index in [1.54, 1.807) is 6.92 Å². The third kappa shape index (κ3) is 7.04. The third-order valence-electron chi connectivity index (χ3n) is 5.32. The molecule has 0 aromatic heterocycles. The average Bonchev–Trinajstić information content (AvgIpc) is 2.79. The molecule has 1 fully saturated rings. The Kier molecular flexibility index (Phi) is 8.53. The number of hydrogen-bond acceptors (Lipinski definition) is 5. The van der Waals surface area contributed by atoms with Gasteiger partial charge < -0.3 is 19.5 Å². The molecule has 1 saturated heterocycles. The Labute approximate surface area is 179 Å². The van der Waals surface area contributed by atoms with Crippen LogP contribution in [0.15, 0.2) is 54.6 Å². The number of nitrogens with one attached hydrogen (secondary N) is 1. The van der Waals surface area contributed by atoms with E-state index in [1.165, 1.54) is 0 Å². The van der Waals surface area contributed by atoms with Crippen LogP contribution in [0.1, 0.15) is 25.3 Å². The molecule has 3 rings (SSSR count). The second-order valence-electron chi connectivity index (χ2n) is 7.61. The summed E-state index contributed by atoms with van der Waals surface area (Å²) in [5.74, 6) is 1.35. The third-order valence-corrected chi connectivity index (χ3v) is 5.32. The zero-order chi connectivity index (χ0) is 21.2. The van der Waals surface area contributed by atoms with Gasteiger partial charge in [-0.3, -0.25) is 9.69 Å². The zero-order valence-corrected chi connectivity index (χ0v) is 17.9. The van der Waals surface area contributed by atoms with Crippen LogP contribution in [0, 0.1) is 0 Å². The summed E-state index contributed by atoms with van der Waals surface area (Å²) in [7, 11) is 2.14. The number of likely N-dealkylation sites (N-methyl/N-ethyl adjacent to an activating group) is 1. The predicted molar refractivity (Wildman–Crippen MR) is 117 cm³/mol. The highest BCUT2D eigenvalue weighted by molar-refractivity contribution is 5.80. The maximum Gasteiger partial charge on any atom is 0.261 e. The molecule has 6 nitrogen and oxygen atoms in total. The number of hydrogen-bond donors (Lipinski definition) is 1. The minimum absolute atomic E-state index is 0.150. The Morgan fingerprint density at radius 1 is 1.13 bits per heavy atom. The second-order valence-corrected chi connectivity index (χ2v) is 7.61. The van der Waals surface area contributed by atoms with E-state index < -0.39 is 6.10 Å². The van der Waals surface area contributed by atoms with Crippen molar-refractivity contribution in [1.29, 1.82) is 0 Å². The summed E-state index contributed by atoms with van der Waals surface area (Å²) in [5, 5.41) is 2.92. The molecule has 162 valence electrons. The number of amides is 1. The van der Waals surface area contributed by atoms with Crippen LogP contribution in [0.25, 0.3) is 0 Å². The number of carbonyl (C=O) groups is 1. The highest BCUT2D eigenvalue weighted by Gasteiger charge is 2.18. The summed E-state index contributed by atoms with van der Waals surface area (Å²) in [6.45, 7) is 5.38. The summed E-state index contributed by atoms with van der Waals surface area (Å²) < 4.78 is 17.0. The molecule has 0 aliphatic carbocycles. The van der Waals surface area contributed by atoms with Gasteiger partial charge in [0, 0.05) is 32.3 Å². The van der Waals surface area contributed by atoms with Crippen molar-refractivity contribution >= 4 is 5.91 Å². The first-order valence-electron chi connectivity index (χ1n) is 10.6. The molecule has 2 aromatic carbocycles. The largest absolute Gasteiger partial charge is 0.492 e. The average molecular weight is 413 g/mol. The number of carbonyl (C=O) groups excluding carboxylic acids is 1. The lowest BCUT2D eigenvalue weighted by Crippen LogP contribution is -2.38. The zero-order valence-electron chi connectivity index (χ0n) is 17.9. The van der Waals surface area contributed by atoms with Crippen LogP contribution in [0.2, 0.25) is 0 Å². The van der Waals surface area contributed by atoms with Crippen LogP contribution in [0.5, 0.6) is 11.5 Å². The maximum atomic E-state index is 12.3. The molecule has 1 N–H and O–H groups in total. The van der Waals surface area contributed by atoms with Gasteiger partial charge in [0.05, 0.1) is 0 Å². The van der Waals surface area contributed by atoms with Gasteiger partial charge in [0.2, 0.25) is 0 Å². The Balaban J connectivity index is 1.40. The number of benzene rings is 2. The van der Waals surface area contributed by atoms with E-state index in [1.807, 2.05) is 54.6 Å². The van der Waals surface area contributed by atoms with Crippen molar-refractivity contribution in [3.63, 3.8) is 0 Å². The van der Waals surface area contributed by atoms with Crippen LogP contribution in [0.3, 0.4) is 0 Å². The minimum Gasteiger partial charge on any atom is -0.492 e. The van der Waals surface area contributed by atoms with Gasteiger partial charge in [0.15, 0.2) is 6.10 Å². The summed E-state index contributed by atoms with van der Waals surface area (Å²) in [6.07, 6.45) is 1.60. The molecule has 0 radical (unpaired) electrons. The Morgan fingerprint density at radius 2 is 1.87 bits per heavy atom. The van der Waals surface area contributed by atoms with Crippen LogP contribution in [-0.2, 0) is 16.1 Å². The maximum absolute atomic E-state index is 12.3. The van der Waals surface area contributed by atoms with Gasteiger partial charge in [0.25, 0.3) is 5.91 Å². The van der Waals surface area contributed by atoms with E-state index in [-0.39, 0.29) is 5.91 Å². The Morgan fingerprint density at radius 3 is 2.63 bits per heavy atom. The van der Waals surface area contributed by atoms with Gasteiger partial charge in [-0.05, 0) is 56.6 Å². The molecule has 0 bridgehead atoms. The van der Waals surface area contributed by atoms with Crippen LogP contribution < -0.4 is 14.8 Å². The van der Waals surface area contributed by atoms with Gasteiger partial charge in [-0.1, -0.05) is 30.3 Å². The van der Waals surface area contributed by atoms with E-state index in [0.29, 0.717) is 24.9 Å². The number of ether oxygens (including phenoxy) is 3. The summed E-state index contributed by atoms with van der Waals surface area (Å²) >= 11 is 0. The van der Waals surface area contributed by atoms with E-state index in [9.17, 15) is 4.79 Å². The quantitative estimate of drug-likeness (QED) is 0.649. The fraction of sp³-hybridized carbons (Fsp3) is 0.458. The van der Waals surface area contributed by atoms with Crippen molar-refractivity contribution in [3.8, 4) is 11.5 Å². The van der Waals surface area contributed by atoms with Crippen LogP contribution in [0.4, 0.5) is 0 Å². The lowest BCUT2D eigenvalue weighted by molar-refractivity contribution is -0.127. The molecular weight excluding hydrogens is 380 g/mol.